The normalized spacial score (nSPS) is 39.8. The van der Waals surface area contributed by atoms with Crippen LogP contribution in [0.1, 0.15) is 6.92 Å². The highest BCUT2D eigenvalue weighted by Crippen LogP contribution is 2.02. The minimum absolute atomic E-state index is 0.137. The van der Waals surface area contributed by atoms with Gasteiger partial charge in [0.1, 0.15) is 0 Å². The summed E-state index contributed by atoms with van der Waals surface area (Å²) in [7, 11) is 0. The molecule has 1 fully saturated rings. The van der Waals surface area contributed by atoms with Gasteiger partial charge in [-0.1, -0.05) is 0 Å². The van der Waals surface area contributed by atoms with Crippen molar-refractivity contribution >= 4 is 0 Å². The Morgan fingerprint density at radius 3 is 2.50 bits per heavy atom. The molecule has 3 heteroatoms. The fourth-order valence-corrected chi connectivity index (χ4v) is 0.589. The molecule has 8 heavy (non-hydrogen) atoms. The molecule has 2 atom stereocenters. The largest absolute Gasteiger partial charge is 0.371 e. The molecule has 1 aliphatic heterocycles. The standard InChI is InChI=1S/C5H10O3/c1-4-2-8-5(6)3-7-4/h4-6H,2-3H2,1H3/t4-,5-/m1/s1. The van der Waals surface area contributed by atoms with Gasteiger partial charge in [0, 0.05) is 0 Å². The van der Waals surface area contributed by atoms with Crippen molar-refractivity contribution in [3.8, 4) is 0 Å². The van der Waals surface area contributed by atoms with Crippen molar-refractivity contribution < 1.29 is 14.6 Å². The highest BCUT2D eigenvalue weighted by molar-refractivity contribution is 4.54. The van der Waals surface area contributed by atoms with Crippen LogP contribution in [0, 0.1) is 0 Å². The van der Waals surface area contributed by atoms with Gasteiger partial charge < -0.3 is 14.6 Å². The van der Waals surface area contributed by atoms with Crippen LogP contribution >= 0.6 is 0 Å². The van der Waals surface area contributed by atoms with Crippen LogP contribution in [0.25, 0.3) is 0 Å². The fraction of sp³-hybridized carbons (Fsp3) is 1.00. The van der Waals surface area contributed by atoms with Crippen LogP contribution in [-0.4, -0.2) is 30.7 Å². The zero-order chi connectivity index (χ0) is 5.98. The molecular formula is C5H10O3. The number of ether oxygens (including phenoxy) is 2. The second-order valence-electron chi connectivity index (χ2n) is 1.93. The van der Waals surface area contributed by atoms with Gasteiger partial charge in [-0.25, -0.2) is 0 Å². The molecule has 1 heterocycles. The lowest BCUT2D eigenvalue weighted by Gasteiger charge is -2.23. The van der Waals surface area contributed by atoms with Crippen LogP contribution in [0.4, 0.5) is 0 Å². The summed E-state index contributed by atoms with van der Waals surface area (Å²) in [6.45, 7) is 2.72. The molecule has 1 rings (SSSR count). The van der Waals surface area contributed by atoms with Crippen molar-refractivity contribution in [2.45, 2.75) is 19.3 Å². The Bertz CT molecular complexity index is 56.1. The Balaban J connectivity index is 2.19. The first-order valence-corrected chi connectivity index (χ1v) is 2.70. The Morgan fingerprint density at radius 1 is 1.38 bits per heavy atom. The van der Waals surface area contributed by atoms with Gasteiger partial charge in [0.15, 0.2) is 6.29 Å². The molecule has 0 radical (unpaired) electrons. The van der Waals surface area contributed by atoms with Gasteiger partial charge in [-0.2, -0.15) is 0 Å². The van der Waals surface area contributed by atoms with Crippen molar-refractivity contribution in [3.63, 3.8) is 0 Å². The summed E-state index contributed by atoms with van der Waals surface area (Å²) in [6, 6.07) is 0. The molecule has 1 saturated heterocycles. The lowest BCUT2D eigenvalue weighted by atomic mass is 10.4. The van der Waals surface area contributed by atoms with Gasteiger partial charge in [-0.05, 0) is 6.92 Å². The van der Waals surface area contributed by atoms with Crippen LogP contribution < -0.4 is 0 Å². The number of hydrogen-bond acceptors (Lipinski definition) is 3. The molecule has 0 aromatic heterocycles. The molecule has 3 nitrogen and oxygen atoms in total. The van der Waals surface area contributed by atoms with Gasteiger partial charge in [0.05, 0.1) is 19.3 Å². The molecule has 0 saturated carbocycles. The van der Waals surface area contributed by atoms with Crippen molar-refractivity contribution in [1.29, 1.82) is 0 Å². The Labute approximate surface area is 48.2 Å². The van der Waals surface area contributed by atoms with Crippen molar-refractivity contribution in [2.24, 2.45) is 0 Å². The fourth-order valence-electron chi connectivity index (χ4n) is 0.589. The van der Waals surface area contributed by atoms with Crippen molar-refractivity contribution in [1.82, 2.24) is 0 Å². The second kappa shape index (κ2) is 2.44. The highest BCUT2D eigenvalue weighted by Gasteiger charge is 2.15. The summed E-state index contributed by atoms with van der Waals surface area (Å²) < 4.78 is 9.84. The van der Waals surface area contributed by atoms with Crippen molar-refractivity contribution in [3.05, 3.63) is 0 Å². The van der Waals surface area contributed by atoms with E-state index >= 15 is 0 Å². The summed E-state index contributed by atoms with van der Waals surface area (Å²) in [5, 5.41) is 8.68. The SMILES string of the molecule is C[C@@H]1CO[C@@H](O)CO1. The van der Waals surface area contributed by atoms with Gasteiger partial charge in [-0.15, -0.1) is 0 Å². The molecule has 1 aliphatic rings. The smallest absolute Gasteiger partial charge is 0.178 e. The molecular weight excluding hydrogens is 108 g/mol. The molecule has 0 spiro atoms. The average molecular weight is 118 g/mol. The van der Waals surface area contributed by atoms with E-state index in [4.69, 9.17) is 14.6 Å². The summed E-state index contributed by atoms with van der Waals surface area (Å²) in [6.07, 6.45) is -0.565. The minimum Gasteiger partial charge on any atom is -0.371 e. The van der Waals surface area contributed by atoms with E-state index in [9.17, 15) is 0 Å². The third-order valence-corrected chi connectivity index (χ3v) is 1.05. The number of aliphatic hydroxyl groups is 1. The van der Waals surface area contributed by atoms with Gasteiger partial charge in [0.25, 0.3) is 0 Å². The molecule has 0 unspecified atom stereocenters. The van der Waals surface area contributed by atoms with E-state index in [1.807, 2.05) is 6.92 Å². The first-order chi connectivity index (χ1) is 3.79. The molecule has 48 valence electrons. The van der Waals surface area contributed by atoms with Gasteiger partial charge >= 0.3 is 0 Å². The second-order valence-corrected chi connectivity index (χ2v) is 1.93. The Hall–Kier alpha value is -0.120. The van der Waals surface area contributed by atoms with E-state index < -0.39 is 6.29 Å². The minimum atomic E-state index is -0.703. The molecule has 0 aromatic rings. The third-order valence-electron chi connectivity index (χ3n) is 1.05. The van der Waals surface area contributed by atoms with E-state index in [1.165, 1.54) is 0 Å². The maximum atomic E-state index is 8.68. The lowest BCUT2D eigenvalue weighted by Crippen LogP contribution is -2.33. The van der Waals surface area contributed by atoms with E-state index in [2.05, 4.69) is 0 Å². The molecule has 0 aromatic carbocycles. The van der Waals surface area contributed by atoms with E-state index in [-0.39, 0.29) is 6.10 Å². The molecule has 1 N–H and O–H groups in total. The maximum absolute atomic E-state index is 8.68. The van der Waals surface area contributed by atoms with Crippen LogP contribution in [0.2, 0.25) is 0 Å². The van der Waals surface area contributed by atoms with Crippen LogP contribution in [-0.2, 0) is 9.47 Å². The lowest BCUT2D eigenvalue weighted by molar-refractivity contribution is -0.208. The van der Waals surface area contributed by atoms with E-state index in [1.54, 1.807) is 0 Å². The number of hydrogen-bond donors (Lipinski definition) is 1. The van der Waals surface area contributed by atoms with Crippen LogP contribution in [0.5, 0.6) is 0 Å². The Morgan fingerprint density at radius 2 is 2.12 bits per heavy atom. The Kier molecular flexibility index (Phi) is 1.83. The summed E-state index contributed by atoms with van der Waals surface area (Å²) in [5.74, 6) is 0. The predicted octanol–water partition coefficient (Wildman–Crippen LogP) is -0.260. The third kappa shape index (κ3) is 1.43. The topological polar surface area (TPSA) is 38.7 Å². The monoisotopic (exact) mass is 118 g/mol. The molecule has 0 aliphatic carbocycles. The van der Waals surface area contributed by atoms with Gasteiger partial charge in [-0.3, -0.25) is 0 Å². The van der Waals surface area contributed by atoms with Crippen molar-refractivity contribution in [2.75, 3.05) is 13.2 Å². The van der Waals surface area contributed by atoms with E-state index in [0.29, 0.717) is 13.2 Å². The summed E-state index contributed by atoms with van der Waals surface area (Å²) >= 11 is 0. The maximum Gasteiger partial charge on any atom is 0.178 e. The van der Waals surface area contributed by atoms with E-state index in [0.717, 1.165) is 0 Å². The average Bonchev–Trinajstić information content (AvgIpc) is 1.77. The summed E-state index contributed by atoms with van der Waals surface area (Å²) in [5.41, 5.74) is 0. The highest BCUT2D eigenvalue weighted by atomic mass is 16.7. The van der Waals surface area contributed by atoms with Crippen LogP contribution in [0.15, 0.2) is 0 Å². The zero-order valence-corrected chi connectivity index (χ0v) is 4.83. The summed E-state index contributed by atoms with van der Waals surface area (Å²) in [4.78, 5) is 0. The predicted molar refractivity (Wildman–Crippen MR) is 27.4 cm³/mol. The molecule has 0 amide bonds. The number of rotatable bonds is 0. The first kappa shape index (κ1) is 6.01. The number of aliphatic hydroxyl groups excluding tert-OH is 1. The molecule has 0 bridgehead atoms. The quantitative estimate of drug-likeness (QED) is 0.476. The van der Waals surface area contributed by atoms with Gasteiger partial charge in [0.2, 0.25) is 0 Å². The van der Waals surface area contributed by atoms with Crippen LogP contribution in [0.3, 0.4) is 0 Å². The zero-order valence-electron chi connectivity index (χ0n) is 4.83. The first-order valence-electron chi connectivity index (χ1n) is 2.70.